The van der Waals surface area contributed by atoms with E-state index in [4.69, 9.17) is 5.73 Å². The van der Waals surface area contributed by atoms with Gasteiger partial charge in [-0.25, -0.2) is 8.78 Å². The fourth-order valence-electron chi connectivity index (χ4n) is 5.94. The summed E-state index contributed by atoms with van der Waals surface area (Å²) in [5.41, 5.74) is 8.80. The number of anilines is 1. The number of benzene rings is 2. The van der Waals surface area contributed by atoms with E-state index >= 15 is 0 Å². The summed E-state index contributed by atoms with van der Waals surface area (Å²) in [5, 5.41) is 14.7. The lowest BCUT2D eigenvalue weighted by Crippen LogP contribution is -2.38. The molecule has 3 heterocycles. The highest BCUT2D eigenvalue weighted by Gasteiger charge is 2.29. The smallest absolute Gasteiger partial charge is 0.102 e. The summed E-state index contributed by atoms with van der Waals surface area (Å²) >= 11 is 0. The average molecular weight is 540 g/mol. The van der Waals surface area contributed by atoms with E-state index in [2.05, 4.69) is 39.2 Å². The number of nitrogen functional groups attached to an aromatic ring is 1. The zero-order chi connectivity index (χ0) is 27.5. The lowest BCUT2D eigenvalue weighted by Gasteiger charge is -2.36. The Kier molecular flexibility index (Phi) is 11.3. The standard InChI is InChI=1S/C17H23FN4.C14H20FNO/c18-8-11-21-9-6-15(7-10-21)17(14-4-2-1-3-5-14)22-13-16(19)12-20-22;15-8-11-16-9-6-13(7-10-16)14(17)12-4-2-1-3-5-12/h1-5,12-13,15,17H,6-11,19H2;1-5,13-14,17H,6-11H2. The van der Waals surface area contributed by atoms with Crippen molar-refractivity contribution in [2.45, 2.75) is 37.8 Å². The number of piperidine rings is 2. The van der Waals surface area contributed by atoms with Crippen LogP contribution < -0.4 is 5.73 Å². The molecular formula is C31H43F2N5O. The summed E-state index contributed by atoms with van der Waals surface area (Å²) in [6, 6.07) is 20.5. The summed E-state index contributed by atoms with van der Waals surface area (Å²) in [6.45, 7) is 4.26. The van der Waals surface area contributed by atoms with Crippen LogP contribution in [0, 0.1) is 11.8 Å². The Balaban J connectivity index is 0.000000187. The predicted molar refractivity (Wildman–Crippen MR) is 153 cm³/mol. The van der Waals surface area contributed by atoms with Gasteiger partial charge in [-0.15, -0.1) is 0 Å². The number of likely N-dealkylation sites (tertiary alicyclic amines) is 2. The second kappa shape index (κ2) is 15.1. The molecule has 0 amide bonds. The van der Waals surface area contributed by atoms with Crippen molar-refractivity contribution in [3.63, 3.8) is 0 Å². The molecule has 3 aromatic rings. The molecular weight excluding hydrogens is 496 g/mol. The van der Waals surface area contributed by atoms with Crippen molar-refractivity contribution in [1.82, 2.24) is 19.6 Å². The van der Waals surface area contributed by atoms with Crippen LogP contribution in [0.3, 0.4) is 0 Å². The minimum absolute atomic E-state index is 0.200. The van der Waals surface area contributed by atoms with Gasteiger partial charge in [0.05, 0.1) is 24.0 Å². The molecule has 6 nitrogen and oxygen atoms in total. The van der Waals surface area contributed by atoms with E-state index < -0.39 is 0 Å². The molecule has 2 unspecified atom stereocenters. The summed E-state index contributed by atoms with van der Waals surface area (Å²) in [6.07, 6.45) is 7.26. The van der Waals surface area contributed by atoms with Crippen molar-refractivity contribution in [3.05, 3.63) is 84.2 Å². The van der Waals surface area contributed by atoms with E-state index in [1.165, 1.54) is 5.56 Å². The number of alkyl halides is 2. The van der Waals surface area contributed by atoms with Crippen LogP contribution in [0.4, 0.5) is 14.5 Å². The highest BCUT2D eigenvalue weighted by molar-refractivity contribution is 5.32. The summed E-state index contributed by atoms with van der Waals surface area (Å²) in [4.78, 5) is 4.34. The third-order valence-electron chi connectivity index (χ3n) is 8.15. The van der Waals surface area contributed by atoms with E-state index in [9.17, 15) is 13.9 Å². The molecule has 0 spiro atoms. The highest BCUT2D eigenvalue weighted by atomic mass is 19.1. The van der Waals surface area contributed by atoms with Crippen molar-refractivity contribution in [3.8, 4) is 0 Å². The number of nitrogens with two attached hydrogens (primary N) is 1. The van der Waals surface area contributed by atoms with Gasteiger partial charge >= 0.3 is 0 Å². The number of hydrogen-bond acceptors (Lipinski definition) is 5. The third kappa shape index (κ3) is 8.34. The lowest BCUT2D eigenvalue weighted by atomic mass is 9.85. The maximum atomic E-state index is 12.5. The minimum Gasteiger partial charge on any atom is -0.396 e. The van der Waals surface area contributed by atoms with Crippen LogP contribution >= 0.6 is 0 Å². The Morgan fingerprint density at radius 3 is 1.72 bits per heavy atom. The Labute approximate surface area is 231 Å². The van der Waals surface area contributed by atoms with Crippen molar-refractivity contribution in [2.24, 2.45) is 11.8 Å². The van der Waals surface area contributed by atoms with Crippen LogP contribution in [0.1, 0.15) is 49.0 Å². The zero-order valence-corrected chi connectivity index (χ0v) is 22.8. The molecule has 2 aliphatic rings. The van der Waals surface area contributed by atoms with Gasteiger partial charge in [-0.2, -0.15) is 5.10 Å². The van der Waals surface area contributed by atoms with Gasteiger partial charge in [0.25, 0.3) is 0 Å². The normalized spacial score (nSPS) is 19.3. The molecule has 2 fully saturated rings. The first-order chi connectivity index (χ1) is 19.1. The number of nitrogens with zero attached hydrogens (tertiary/aromatic N) is 4. The van der Waals surface area contributed by atoms with Crippen LogP contribution in [-0.4, -0.2) is 77.3 Å². The molecule has 0 radical (unpaired) electrons. The molecule has 212 valence electrons. The molecule has 3 N–H and O–H groups in total. The second-order valence-electron chi connectivity index (χ2n) is 10.7. The number of aromatic nitrogens is 2. The summed E-state index contributed by atoms with van der Waals surface area (Å²) in [7, 11) is 0. The summed E-state index contributed by atoms with van der Waals surface area (Å²) in [5.74, 6) is 0.811. The number of halogens is 2. The third-order valence-corrected chi connectivity index (χ3v) is 8.15. The Hall–Kier alpha value is -2.81. The van der Waals surface area contributed by atoms with Crippen LogP contribution in [0.15, 0.2) is 73.1 Å². The van der Waals surface area contributed by atoms with Crippen molar-refractivity contribution < 1.29 is 13.9 Å². The maximum absolute atomic E-state index is 12.5. The first kappa shape index (κ1) is 29.2. The van der Waals surface area contributed by atoms with Crippen molar-refractivity contribution in [2.75, 3.05) is 58.4 Å². The first-order valence-corrected chi connectivity index (χ1v) is 14.2. The highest BCUT2D eigenvalue weighted by Crippen LogP contribution is 2.34. The average Bonchev–Trinajstić information content (AvgIpc) is 3.41. The second-order valence-corrected chi connectivity index (χ2v) is 10.7. The number of aliphatic hydroxyl groups is 1. The van der Waals surface area contributed by atoms with Crippen molar-refractivity contribution >= 4 is 5.69 Å². The molecule has 1 aromatic heterocycles. The minimum atomic E-state index is -0.372. The van der Waals surface area contributed by atoms with E-state index in [1.807, 2.05) is 47.3 Å². The van der Waals surface area contributed by atoms with Crippen LogP contribution in [-0.2, 0) is 0 Å². The molecule has 0 saturated carbocycles. The number of aliphatic hydroxyl groups excluding tert-OH is 1. The lowest BCUT2D eigenvalue weighted by molar-refractivity contribution is 0.0573. The van der Waals surface area contributed by atoms with Gasteiger partial charge in [0.15, 0.2) is 0 Å². The number of hydrogen-bond donors (Lipinski definition) is 2. The zero-order valence-electron chi connectivity index (χ0n) is 22.8. The largest absolute Gasteiger partial charge is 0.396 e. The SMILES string of the molecule is Nc1cnn(C(c2ccccc2)C2CCN(CCF)CC2)c1.OC(c1ccccc1)C1CCN(CCF)CC1. The van der Waals surface area contributed by atoms with E-state index in [0.29, 0.717) is 30.6 Å². The van der Waals surface area contributed by atoms with Gasteiger partial charge in [0, 0.05) is 19.3 Å². The fraction of sp³-hybridized carbons (Fsp3) is 0.516. The topological polar surface area (TPSA) is 70.5 Å². The Morgan fingerprint density at radius 2 is 1.26 bits per heavy atom. The molecule has 2 saturated heterocycles. The molecule has 2 aromatic carbocycles. The van der Waals surface area contributed by atoms with Gasteiger partial charge in [-0.05, 0) is 74.8 Å². The maximum Gasteiger partial charge on any atom is 0.102 e. The Morgan fingerprint density at radius 1 is 0.769 bits per heavy atom. The number of rotatable bonds is 9. The van der Waals surface area contributed by atoms with Gasteiger partial charge in [-0.1, -0.05) is 60.7 Å². The molecule has 2 atom stereocenters. The predicted octanol–water partition coefficient (Wildman–Crippen LogP) is 5.14. The van der Waals surface area contributed by atoms with E-state index in [-0.39, 0.29) is 25.5 Å². The quantitative estimate of drug-likeness (QED) is 0.394. The van der Waals surface area contributed by atoms with E-state index in [1.54, 1.807) is 6.20 Å². The van der Waals surface area contributed by atoms with Crippen molar-refractivity contribution in [1.29, 1.82) is 0 Å². The van der Waals surface area contributed by atoms with E-state index in [0.717, 1.165) is 57.4 Å². The summed E-state index contributed by atoms with van der Waals surface area (Å²) < 4.78 is 26.7. The monoisotopic (exact) mass is 539 g/mol. The molecule has 5 rings (SSSR count). The molecule has 8 heteroatoms. The fourth-order valence-corrected chi connectivity index (χ4v) is 5.94. The van der Waals surface area contributed by atoms with Gasteiger partial charge in [0.1, 0.15) is 13.3 Å². The molecule has 0 aliphatic carbocycles. The van der Waals surface area contributed by atoms with Gasteiger partial charge < -0.3 is 20.6 Å². The molecule has 0 bridgehead atoms. The van der Waals surface area contributed by atoms with Crippen LogP contribution in [0.2, 0.25) is 0 Å². The van der Waals surface area contributed by atoms with Gasteiger partial charge in [-0.3, -0.25) is 4.68 Å². The molecule has 39 heavy (non-hydrogen) atoms. The Bertz CT molecular complexity index is 1070. The first-order valence-electron chi connectivity index (χ1n) is 14.2. The molecule has 2 aliphatic heterocycles. The van der Waals surface area contributed by atoms with Crippen LogP contribution in [0.5, 0.6) is 0 Å². The van der Waals surface area contributed by atoms with Gasteiger partial charge in [0.2, 0.25) is 0 Å². The van der Waals surface area contributed by atoms with Crippen LogP contribution in [0.25, 0.3) is 0 Å².